The number of amides is 1. The number of fused-ring (bicyclic) bond motifs is 1. The average Bonchev–Trinajstić information content (AvgIpc) is 2.77. The van der Waals surface area contributed by atoms with E-state index >= 15 is 0 Å². The highest BCUT2D eigenvalue weighted by Gasteiger charge is 2.37. The van der Waals surface area contributed by atoms with E-state index in [1.807, 2.05) is 32.0 Å². The number of halogens is 1. The van der Waals surface area contributed by atoms with Crippen LogP contribution in [0, 0.1) is 13.8 Å². The minimum Gasteiger partial charge on any atom is -0.476 e. The molecule has 0 aliphatic carbocycles. The van der Waals surface area contributed by atoms with Crippen LogP contribution in [0.5, 0.6) is 5.75 Å². The predicted molar refractivity (Wildman–Crippen MR) is 125 cm³/mol. The van der Waals surface area contributed by atoms with E-state index in [4.69, 9.17) is 16.3 Å². The fourth-order valence-electron chi connectivity index (χ4n) is 3.47. The number of aryl methyl sites for hydroxylation is 2. The summed E-state index contributed by atoms with van der Waals surface area (Å²) in [4.78, 5) is 13.1. The molecule has 1 unspecified atom stereocenters. The van der Waals surface area contributed by atoms with Gasteiger partial charge >= 0.3 is 0 Å². The van der Waals surface area contributed by atoms with Crippen molar-refractivity contribution in [3.8, 4) is 5.75 Å². The molecule has 1 amide bonds. The second-order valence-corrected chi connectivity index (χ2v) is 10.1. The molecule has 0 saturated heterocycles. The minimum absolute atomic E-state index is 0.126. The molecule has 1 aliphatic heterocycles. The Morgan fingerprint density at radius 3 is 2.38 bits per heavy atom. The predicted octanol–water partition coefficient (Wildman–Crippen LogP) is 4.23. The Balaban J connectivity index is 1.61. The number of sulfonamides is 1. The van der Waals surface area contributed by atoms with Gasteiger partial charge in [0, 0.05) is 11.6 Å². The van der Waals surface area contributed by atoms with Crippen molar-refractivity contribution < 1.29 is 17.9 Å². The summed E-state index contributed by atoms with van der Waals surface area (Å²) in [5, 5.41) is 3.44. The lowest BCUT2D eigenvalue weighted by Crippen LogP contribution is -2.50. The van der Waals surface area contributed by atoms with Crippen molar-refractivity contribution in [3.63, 3.8) is 0 Å². The van der Waals surface area contributed by atoms with E-state index in [0.29, 0.717) is 16.5 Å². The lowest BCUT2D eigenvalue weighted by atomic mass is 10.1. The number of nitrogens with one attached hydrogen (secondary N) is 1. The molecule has 8 heteroatoms. The van der Waals surface area contributed by atoms with Gasteiger partial charge in [0.05, 0.1) is 17.1 Å². The second kappa shape index (κ2) is 8.84. The molecule has 3 aromatic rings. The van der Waals surface area contributed by atoms with Gasteiger partial charge in [0.25, 0.3) is 15.9 Å². The summed E-state index contributed by atoms with van der Waals surface area (Å²) in [7, 11) is -3.88. The minimum atomic E-state index is -3.88. The maximum absolute atomic E-state index is 13.5. The number of hydrogen-bond acceptors (Lipinski definition) is 4. The van der Waals surface area contributed by atoms with E-state index < -0.39 is 22.0 Å². The monoisotopic (exact) mass is 470 g/mol. The van der Waals surface area contributed by atoms with Crippen LogP contribution in [-0.4, -0.2) is 27.0 Å². The van der Waals surface area contributed by atoms with Gasteiger partial charge in [-0.25, -0.2) is 8.42 Å². The molecule has 0 bridgehead atoms. The van der Waals surface area contributed by atoms with Gasteiger partial charge < -0.3 is 10.1 Å². The fraction of sp³-hybridized carbons (Fsp3) is 0.208. The zero-order chi connectivity index (χ0) is 22.9. The number of nitrogens with zero attached hydrogens (tertiary/aromatic N) is 1. The summed E-state index contributed by atoms with van der Waals surface area (Å²) in [6, 6.07) is 19.0. The molecule has 166 valence electrons. The summed E-state index contributed by atoms with van der Waals surface area (Å²) < 4.78 is 34.1. The van der Waals surface area contributed by atoms with Crippen molar-refractivity contribution >= 4 is 33.2 Å². The molecule has 3 aromatic carbocycles. The van der Waals surface area contributed by atoms with Crippen molar-refractivity contribution in [2.24, 2.45) is 0 Å². The molecule has 0 radical (unpaired) electrons. The van der Waals surface area contributed by atoms with Crippen molar-refractivity contribution in [1.82, 2.24) is 5.32 Å². The Morgan fingerprint density at radius 1 is 1.03 bits per heavy atom. The smallest absolute Gasteiger partial charge is 0.264 e. The van der Waals surface area contributed by atoms with Gasteiger partial charge in [-0.1, -0.05) is 47.5 Å². The van der Waals surface area contributed by atoms with Crippen molar-refractivity contribution in [2.75, 3.05) is 10.8 Å². The van der Waals surface area contributed by atoms with Gasteiger partial charge in [-0.15, -0.1) is 0 Å². The number of anilines is 1. The first-order valence-corrected chi connectivity index (χ1v) is 11.9. The molecule has 1 N–H and O–H groups in total. The van der Waals surface area contributed by atoms with Gasteiger partial charge in [-0.05, 0) is 61.4 Å². The standard InChI is InChI=1S/C24H23ClN2O4S/c1-16-3-10-20(11-4-16)32(29,30)27-15-23(31-22-13-17(2)5-12-21(22)27)24(28)26-14-18-6-8-19(25)9-7-18/h3-13,23H,14-15H2,1-2H3,(H,26,28). The van der Waals surface area contributed by atoms with Crippen molar-refractivity contribution in [3.05, 3.63) is 88.4 Å². The molecule has 6 nitrogen and oxygen atoms in total. The Bertz CT molecular complexity index is 1240. The van der Waals surface area contributed by atoms with E-state index in [9.17, 15) is 13.2 Å². The van der Waals surface area contributed by atoms with Crippen LogP contribution in [-0.2, 0) is 21.4 Å². The third kappa shape index (κ3) is 4.59. The first-order chi connectivity index (χ1) is 15.2. The lowest BCUT2D eigenvalue weighted by molar-refractivity contribution is -0.127. The molecular formula is C24H23ClN2O4S. The molecule has 1 atom stereocenters. The third-order valence-electron chi connectivity index (χ3n) is 5.27. The van der Waals surface area contributed by atoms with Crippen molar-refractivity contribution in [2.45, 2.75) is 31.4 Å². The summed E-state index contributed by atoms with van der Waals surface area (Å²) in [5.41, 5.74) is 3.15. The first-order valence-electron chi connectivity index (χ1n) is 10.1. The number of carbonyl (C=O) groups is 1. The number of hydrogen-bond donors (Lipinski definition) is 1. The van der Waals surface area contributed by atoms with Crippen LogP contribution in [0.25, 0.3) is 0 Å². The first kappa shape index (κ1) is 22.2. The van der Waals surface area contributed by atoms with E-state index in [1.165, 1.54) is 4.31 Å². The Kier molecular flexibility index (Phi) is 6.13. The zero-order valence-corrected chi connectivity index (χ0v) is 19.3. The molecule has 1 aliphatic rings. The summed E-state index contributed by atoms with van der Waals surface area (Å²) in [6.45, 7) is 3.93. The number of benzene rings is 3. The molecule has 0 fully saturated rings. The zero-order valence-electron chi connectivity index (χ0n) is 17.7. The van der Waals surface area contributed by atoms with Crippen LogP contribution in [0.15, 0.2) is 71.6 Å². The maximum atomic E-state index is 13.5. The third-order valence-corrected chi connectivity index (χ3v) is 7.31. The lowest BCUT2D eigenvalue weighted by Gasteiger charge is -2.35. The molecule has 32 heavy (non-hydrogen) atoms. The van der Waals surface area contributed by atoms with E-state index in [1.54, 1.807) is 48.5 Å². The number of ether oxygens (including phenoxy) is 1. The van der Waals surface area contributed by atoms with Crippen LogP contribution < -0.4 is 14.4 Å². The van der Waals surface area contributed by atoms with Gasteiger partial charge in [0.1, 0.15) is 5.75 Å². The largest absolute Gasteiger partial charge is 0.476 e. The fourth-order valence-corrected chi connectivity index (χ4v) is 5.07. The van der Waals surface area contributed by atoms with Gasteiger partial charge in [0.2, 0.25) is 0 Å². The summed E-state index contributed by atoms with van der Waals surface area (Å²) in [6.07, 6.45) is -0.989. The molecule has 1 heterocycles. The van der Waals surface area contributed by atoms with Crippen molar-refractivity contribution in [1.29, 1.82) is 0 Å². The number of carbonyl (C=O) groups excluding carboxylic acids is 1. The highest BCUT2D eigenvalue weighted by molar-refractivity contribution is 7.92. The van der Waals surface area contributed by atoms with Gasteiger partial charge in [-0.3, -0.25) is 9.10 Å². The molecular weight excluding hydrogens is 448 g/mol. The maximum Gasteiger partial charge on any atom is 0.264 e. The van der Waals surface area contributed by atoms with Gasteiger partial charge in [0.15, 0.2) is 6.10 Å². The Labute approximate surface area is 192 Å². The SMILES string of the molecule is Cc1ccc(S(=O)(=O)N2CC(C(=O)NCc3ccc(Cl)cc3)Oc3cc(C)ccc32)cc1. The quantitative estimate of drug-likeness (QED) is 0.605. The van der Waals surface area contributed by atoms with E-state index in [2.05, 4.69) is 5.32 Å². The molecule has 0 spiro atoms. The second-order valence-electron chi connectivity index (χ2n) is 7.77. The van der Waals surface area contributed by atoms with Gasteiger partial charge in [-0.2, -0.15) is 0 Å². The Morgan fingerprint density at radius 2 is 1.69 bits per heavy atom. The van der Waals surface area contributed by atoms with Crippen LogP contribution >= 0.6 is 11.6 Å². The molecule has 0 aromatic heterocycles. The van der Waals surface area contributed by atoms with Crippen LogP contribution in [0.4, 0.5) is 5.69 Å². The van der Waals surface area contributed by atoms with Crippen LogP contribution in [0.1, 0.15) is 16.7 Å². The van der Waals surface area contributed by atoms with Crippen LogP contribution in [0.3, 0.4) is 0 Å². The average molecular weight is 471 g/mol. The summed E-state index contributed by atoms with van der Waals surface area (Å²) in [5.74, 6) is -0.0326. The number of rotatable bonds is 5. The van der Waals surface area contributed by atoms with E-state index in [-0.39, 0.29) is 18.0 Å². The van der Waals surface area contributed by atoms with Crippen LogP contribution in [0.2, 0.25) is 5.02 Å². The highest BCUT2D eigenvalue weighted by atomic mass is 35.5. The summed E-state index contributed by atoms with van der Waals surface area (Å²) >= 11 is 5.90. The highest BCUT2D eigenvalue weighted by Crippen LogP contribution is 2.37. The topological polar surface area (TPSA) is 75.7 Å². The normalized spacial score (nSPS) is 15.6. The van der Waals surface area contributed by atoms with E-state index in [0.717, 1.165) is 16.7 Å². The molecule has 4 rings (SSSR count). The molecule has 0 saturated carbocycles. The Hall–Kier alpha value is -3.03.